The van der Waals surface area contributed by atoms with E-state index in [9.17, 15) is 4.79 Å². The van der Waals surface area contributed by atoms with Crippen LogP contribution in [0, 0.1) is 5.92 Å². The molecular formula is C17H25ClN2O4. The van der Waals surface area contributed by atoms with Crippen LogP contribution in [0.5, 0.6) is 17.2 Å². The van der Waals surface area contributed by atoms with Crippen LogP contribution in [0.4, 0.5) is 0 Å². The minimum absolute atomic E-state index is 0. The number of ether oxygens (including phenoxy) is 3. The minimum Gasteiger partial charge on any atom is -0.493 e. The predicted octanol–water partition coefficient (Wildman–Crippen LogP) is 1.96. The van der Waals surface area contributed by atoms with Gasteiger partial charge in [0.15, 0.2) is 11.5 Å². The van der Waals surface area contributed by atoms with Gasteiger partial charge < -0.3 is 24.4 Å². The van der Waals surface area contributed by atoms with E-state index in [1.807, 2.05) is 11.9 Å². The molecule has 1 amide bonds. The summed E-state index contributed by atoms with van der Waals surface area (Å²) in [6.45, 7) is 3.59. The first-order valence-electron chi connectivity index (χ1n) is 8.14. The molecule has 0 aromatic heterocycles. The molecule has 0 radical (unpaired) electrons. The van der Waals surface area contributed by atoms with Gasteiger partial charge in [0.05, 0.1) is 7.11 Å². The summed E-state index contributed by atoms with van der Waals surface area (Å²) in [5.74, 6) is 2.41. The van der Waals surface area contributed by atoms with Crippen LogP contribution in [0.1, 0.15) is 23.2 Å². The van der Waals surface area contributed by atoms with Gasteiger partial charge in [0.25, 0.3) is 5.91 Å². The van der Waals surface area contributed by atoms with Crippen LogP contribution >= 0.6 is 12.4 Å². The van der Waals surface area contributed by atoms with E-state index in [2.05, 4.69) is 5.32 Å². The fourth-order valence-electron chi connectivity index (χ4n) is 3.21. The second kappa shape index (κ2) is 8.44. The highest BCUT2D eigenvalue weighted by atomic mass is 35.5. The van der Waals surface area contributed by atoms with Gasteiger partial charge in [-0.1, -0.05) is 0 Å². The van der Waals surface area contributed by atoms with Crippen LogP contribution in [0.2, 0.25) is 0 Å². The first-order valence-corrected chi connectivity index (χ1v) is 8.14. The Hall–Kier alpha value is -1.66. The van der Waals surface area contributed by atoms with Gasteiger partial charge in [-0.3, -0.25) is 4.79 Å². The highest BCUT2D eigenvalue weighted by molar-refractivity contribution is 5.95. The number of piperidine rings is 1. The molecule has 1 saturated heterocycles. The lowest BCUT2D eigenvalue weighted by atomic mass is 9.96. The minimum atomic E-state index is 0. The van der Waals surface area contributed by atoms with Crippen molar-refractivity contribution in [3.05, 3.63) is 17.7 Å². The quantitative estimate of drug-likeness (QED) is 0.893. The number of nitrogens with one attached hydrogen (secondary N) is 1. The zero-order valence-corrected chi connectivity index (χ0v) is 15.0. The number of benzene rings is 1. The molecule has 1 aromatic carbocycles. The average Bonchev–Trinajstić information content (AvgIpc) is 2.61. The number of halogens is 1. The van der Waals surface area contributed by atoms with Crippen molar-refractivity contribution in [3.63, 3.8) is 0 Å². The summed E-state index contributed by atoms with van der Waals surface area (Å²) in [5.41, 5.74) is 0.596. The number of amides is 1. The summed E-state index contributed by atoms with van der Waals surface area (Å²) in [7, 11) is 3.55. The number of carbonyl (C=O) groups is 1. The Morgan fingerprint density at radius 1 is 1.29 bits per heavy atom. The van der Waals surface area contributed by atoms with E-state index in [0.717, 1.165) is 32.5 Å². The van der Waals surface area contributed by atoms with Gasteiger partial charge in [-0.2, -0.15) is 0 Å². The molecule has 0 atom stereocenters. The highest BCUT2D eigenvalue weighted by Crippen LogP contribution is 2.40. The van der Waals surface area contributed by atoms with E-state index >= 15 is 0 Å². The molecule has 7 heteroatoms. The Bertz CT molecular complexity index is 557. The fourth-order valence-corrected chi connectivity index (χ4v) is 3.21. The van der Waals surface area contributed by atoms with Gasteiger partial charge in [-0.05, 0) is 44.5 Å². The van der Waals surface area contributed by atoms with Crippen molar-refractivity contribution in [1.29, 1.82) is 0 Å². The molecule has 0 unspecified atom stereocenters. The van der Waals surface area contributed by atoms with Crippen LogP contribution in [0.3, 0.4) is 0 Å². The number of rotatable bonds is 4. The summed E-state index contributed by atoms with van der Waals surface area (Å²) in [6, 6.07) is 3.51. The number of hydrogen-bond acceptors (Lipinski definition) is 5. The summed E-state index contributed by atoms with van der Waals surface area (Å²) in [4.78, 5) is 14.7. The van der Waals surface area contributed by atoms with Gasteiger partial charge in [-0.25, -0.2) is 0 Å². The van der Waals surface area contributed by atoms with E-state index in [1.54, 1.807) is 19.2 Å². The topological polar surface area (TPSA) is 60.0 Å². The van der Waals surface area contributed by atoms with Crippen LogP contribution in [0.25, 0.3) is 0 Å². The average molecular weight is 357 g/mol. The molecule has 134 valence electrons. The highest BCUT2D eigenvalue weighted by Gasteiger charge is 2.26. The summed E-state index contributed by atoms with van der Waals surface area (Å²) < 4.78 is 16.5. The monoisotopic (exact) mass is 356 g/mol. The molecule has 0 aliphatic carbocycles. The van der Waals surface area contributed by atoms with Crippen LogP contribution < -0.4 is 19.5 Å². The molecule has 2 aliphatic heterocycles. The number of carbonyl (C=O) groups excluding carboxylic acids is 1. The number of hydrogen-bond donors (Lipinski definition) is 1. The third-order valence-electron chi connectivity index (χ3n) is 4.47. The second-order valence-electron chi connectivity index (χ2n) is 6.00. The molecule has 3 rings (SSSR count). The molecule has 2 aliphatic rings. The zero-order valence-electron chi connectivity index (χ0n) is 14.2. The van der Waals surface area contributed by atoms with Crippen molar-refractivity contribution in [1.82, 2.24) is 10.2 Å². The summed E-state index contributed by atoms with van der Waals surface area (Å²) >= 11 is 0. The van der Waals surface area contributed by atoms with Gasteiger partial charge in [-0.15, -0.1) is 12.4 Å². The van der Waals surface area contributed by atoms with Crippen LogP contribution in [-0.4, -0.2) is 57.8 Å². The van der Waals surface area contributed by atoms with Gasteiger partial charge in [0.1, 0.15) is 13.2 Å². The molecule has 1 aromatic rings. The van der Waals surface area contributed by atoms with Crippen LogP contribution in [0.15, 0.2) is 12.1 Å². The van der Waals surface area contributed by atoms with Gasteiger partial charge >= 0.3 is 0 Å². The Labute approximate surface area is 148 Å². The lowest BCUT2D eigenvalue weighted by Gasteiger charge is -2.32. The first kappa shape index (κ1) is 18.7. The van der Waals surface area contributed by atoms with E-state index in [4.69, 9.17) is 14.2 Å². The van der Waals surface area contributed by atoms with Crippen molar-refractivity contribution in [3.8, 4) is 17.2 Å². The Morgan fingerprint density at radius 2 is 2.00 bits per heavy atom. The maximum Gasteiger partial charge on any atom is 0.254 e. The van der Waals surface area contributed by atoms with E-state index in [0.29, 0.717) is 41.9 Å². The van der Waals surface area contributed by atoms with E-state index in [1.165, 1.54) is 0 Å². The third-order valence-corrected chi connectivity index (χ3v) is 4.47. The molecular weight excluding hydrogens is 332 g/mol. The molecule has 1 fully saturated rings. The Kier molecular flexibility index (Phi) is 6.57. The number of likely N-dealkylation sites (tertiary alicyclic amines) is 1. The lowest BCUT2D eigenvalue weighted by Crippen LogP contribution is -2.40. The molecule has 2 heterocycles. The molecule has 0 spiro atoms. The van der Waals surface area contributed by atoms with Crippen molar-refractivity contribution < 1.29 is 19.0 Å². The van der Waals surface area contributed by atoms with Crippen molar-refractivity contribution in [2.45, 2.75) is 12.8 Å². The largest absolute Gasteiger partial charge is 0.493 e. The normalized spacial score (nSPS) is 17.2. The van der Waals surface area contributed by atoms with Crippen molar-refractivity contribution in [2.24, 2.45) is 5.92 Å². The zero-order chi connectivity index (χ0) is 16.2. The smallest absolute Gasteiger partial charge is 0.254 e. The number of nitrogens with zero attached hydrogens (tertiary/aromatic N) is 1. The summed E-state index contributed by atoms with van der Waals surface area (Å²) in [5, 5.41) is 3.21. The second-order valence-corrected chi connectivity index (χ2v) is 6.00. The van der Waals surface area contributed by atoms with Gasteiger partial charge in [0, 0.05) is 18.7 Å². The molecule has 0 saturated carbocycles. The molecule has 1 N–H and O–H groups in total. The van der Waals surface area contributed by atoms with Crippen molar-refractivity contribution in [2.75, 3.05) is 47.0 Å². The maximum atomic E-state index is 12.8. The Balaban J connectivity index is 0.00000208. The third kappa shape index (κ3) is 3.87. The molecule has 6 nitrogen and oxygen atoms in total. The lowest BCUT2D eigenvalue weighted by molar-refractivity contribution is 0.0689. The van der Waals surface area contributed by atoms with Gasteiger partial charge in [0.2, 0.25) is 5.75 Å². The molecule has 0 bridgehead atoms. The van der Waals surface area contributed by atoms with Crippen LogP contribution in [-0.2, 0) is 0 Å². The Morgan fingerprint density at radius 3 is 2.67 bits per heavy atom. The number of fused-ring (bicyclic) bond motifs is 1. The number of methoxy groups -OCH3 is 1. The predicted molar refractivity (Wildman–Crippen MR) is 93.8 cm³/mol. The van der Waals surface area contributed by atoms with E-state index < -0.39 is 0 Å². The standard InChI is InChI=1S/C17H24N2O4.ClH/c1-18-11-12-3-5-19(6-4-12)17(20)13-9-14(21-2)16-15(10-13)22-7-8-23-16;/h9-10,12,18H,3-8,11H2,1-2H3;1H. The SMILES string of the molecule is CNCC1CCN(C(=O)c2cc(OC)c3c(c2)OCCO3)CC1.Cl. The summed E-state index contributed by atoms with van der Waals surface area (Å²) in [6.07, 6.45) is 2.07. The first-order chi connectivity index (χ1) is 11.2. The van der Waals surface area contributed by atoms with E-state index in [-0.39, 0.29) is 18.3 Å². The van der Waals surface area contributed by atoms with Crippen molar-refractivity contribution >= 4 is 18.3 Å². The fraction of sp³-hybridized carbons (Fsp3) is 0.588. The maximum absolute atomic E-state index is 12.8. The molecule has 24 heavy (non-hydrogen) atoms.